The molecule has 0 radical (unpaired) electrons. The molecule has 0 amide bonds. The lowest BCUT2D eigenvalue weighted by Gasteiger charge is -2.13. The van der Waals surface area contributed by atoms with Crippen LogP contribution in [0.15, 0.2) is 58.3 Å². The summed E-state index contributed by atoms with van der Waals surface area (Å²) in [6.45, 7) is -0.00857. The topological polar surface area (TPSA) is 77.5 Å². The minimum absolute atomic E-state index is 0.00857. The quantitative estimate of drug-likeness (QED) is 0.388. The number of nitrogens with one attached hydrogen (secondary N) is 1. The fourth-order valence-corrected chi connectivity index (χ4v) is 5.11. The summed E-state index contributed by atoms with van der Waals surface area (Å²) in [6.07, 6.45) is -4.58. The molecule has 2 aromatic carbocycles. The summed E-state index contributed by atoms with van der Waals surface area (Å²) in [5.74, 6) is 0.700. The number of methoxy groups -OCH3 is 2. The molecule has 11 heteroatoms. The Hall–Kier alpha value is -2.50. The van der Waals surface area contributed by atoms with Crippen LogP contribution >= 0.6 is 11.8 Å². The van der Waals surface area contributed by atoms with E-state index in [2.05, 4.69) is 9.71 Å². The molecule has 0 aliphatic rings. The number of pyridine rings is 1. The SMILES string of the molecule is COc1ccc(OC)c(S(=O)(=O)NCCSc2cc(C(F)(F)F)nc3ccccc23)c1. The highest BCUT2D eigenvalue weighted by Gasteiger charge is 2.33. The maximum atomic E-state index is 13.2. The van der Waals surface area contributed by atoms with E-state index in [4.69, 9.17) is 9.47 Å². The largest absolute Gasteiger partial charge is 0.497 e. The van der Waals surface area contributed by atoms with Gasteiger partial charge in [0, 0.05) is 28.6 Å². The van der Waals surface area contributed by atoms with E-state index in [0.29, 0.717) is 16.0 Å². The van der Waals surface area contributed by atoms with Crippen LogP contribution in [0.1, 0.15) is 5.69 Å². The van der Waals surface area contributed by atoms with Crippen LogP contribution in [0, 0.1) is 0 Å². The zero-order valence-electron chi connectivity index (χ0n) is 16.6. The Balaban J connectivity index is 1.76. The smallest absolute Gasteiger partial charge is 0.433 e. The third-order valence-electron chi connectivity index (χ3n) is 4.28. The highest BCUT2D eigenvalue weighted by atomic mass is 32.2. The molecule has 0 bridgehead atoms. The molecule has 6 nitrogen and oxygen atoms in total. The molecule has 3 aromatic rings. The first-order valence-corrected chi connectivity index (χ1v) is 11.4. The van der Waals surface area contributed by atoms with Crippen LogP contribution in [0.5, 0.6) is 11.5 Å². The van der Waals surface area contributed by atoms with Gasteiger partial charge in [-0.1, -0.05) is 18.2 Å². The Bertz CT molecular complexity index is 1180. The highest BCUT2D eigenvalue weighted by molar-refractivity contribution is 7.99. The van der Waals surface area contributed by atoms with Crippen molar-refractivity contribution >= 4 is 32.7 Å². The Morgan fingerprint density at radius 2 is 1.81 bits per heavy atom. The van der Waals surface area contributed by atoms with Crippen LogP contribution in [0.2, 0.25) is 0 Å². The van der Waals surface area contributed by atoms with Crippen molar-refractivity contribution in [1.29, 1.82) is 0 Å². The van der Waals surface area contributed by atoms with Gasteiger partial charge in [0.1, 0.15) is 22.1 Å². The molecule has 0 aliphatic carbocycles. The van der Waals surface area contributed by atoms with Gasteiger partial charge in [-0.15, -0.1) is 11.8 Å². The lowest BCUT2D eigenvalue weighted by Crippen LogP contribution is -2.26. The van der Waals surface area contributed by atoms with Crippen LogP contribution in [0.3, 0.4) is 0 Å². The maximum absolute atomic E-state index is 13.2. The molecule has 31 heavy (non-hydrogen) atoms. The van der Waals surface area contributed by atoms with Gasteiger partial charge in [0.2, 0.25) is 10.0 Å². The van der Waals surface area contributed by atoms with Crippen LogP contribution in [-0.2, 0) is 16.2 Å². The van der Waals surface area contributed by atoms with E-state index >= 15 is 0 Å². The number of para-hydroxylation sites is 1. The summed E-state index contributed by atoms with van der Waals surface area (Å²) >= 11 is 1.11. The molecule has 0 saturated carbocycles. The van der Waals surface area contributed by atoms with Crippen molar-refractivity contribution in [3.05, 3.63) is 54.2 Å². The molecule has 0 unspecified atom stereocenters. The van der Waals surface area contributed by atoms with E-state index < -0.39 is 21.9 Å². The van der Waals surface area contributed by atoms with Gasteiger partial charge in [0.25, 0.3) is 0 Å². The molecule has 1 heterocycles. The van der Waals surface area contributed by atoms with Crippen molar-refractivity contribution in [2.75, 3.05) is 26.5 Å². The van der Waals surface area contributed by atoms with Gasteiger partial charge in [-0.2, -0.15) is 13.2 Å². The third kappa shape index (κ3) is 5.41. The molecular weight excluding hydrogens is 453 g/mol. The Labute approximate surface area is 181 Å². The molecule has 0 spiro atoms. The molecule has 3 rings (SSSR count). The van der Waals surface area contributed by atoms with Crippen molar-refractivity contribution in [3.63, 3.8) is 0 Å². The molecular formula is C20H19F3N2O4S2. The van der Waals surface area contributed by atoms with Crippen molar-refractivity contribution in [2.24, 2.45) is 0 Å². The van der Waals surface area contributed by atoms with Gasteiger partial charge < -0.3 is 9.47 Å². The van der Waals surface area contributed by atoms with Crippen molar-refractivity contribution in [2.45, 2.75) is 16.0 Å². The number of nitrogens with zero attached hydrogens (tertiary/aromatic N) is 1. The summed E-state index contributed by atoms with van der Waals surface area (Å²) < 4.78 is 77.5. The average molecular weight is 473 g/mol. The van der Waals surface area contributed by atoms with E-state index in [1.54, 1.807) is 24.3 Å². The Morgan fingerprint density at radius 3 is 2.48 bits per heavy atom. The number of thioether (sulfide) groups is 1. The van der Waals surface area contributed by atoms with E-state index in [0.717, 1.165) is 17.8 Å². The normalized spacial score (nSPS) is 12.2. The number of fused-ring (bicyclic) bond motifs is 1. The number of ether oxygens (including phenoxy) is 2. The molecule has 0 aliphatic heterocycles. The van der Waals surface area contributed by atoms with Crippen LogP contribution in [0.4, 0.5) is 13.2 Å². The highest BCUT2D eigenvalue weighted by Crippen LogP contribution is 2.35. The zero-order valence-corrected chi connectivity index (χ0v) is 18.2. The Kier molecular flexibility index (Phi) is 6.97. The average Bonchev–Trinajstić information content (AvgIpc) is 2.75. The number of aromatic nitrogens is 1. The molecule has 0 saturated heterocycles. The monoisotopic (exact) mass is 472 g/mol. The van der Waals surface area contributed by atoms with Crippen LogP contribution in [0.25, 0.3) is 10.9 Å². The van der Waals surface area contributed by atoms with E-state index in [1.165, 1.54) is 32.4 Å². The lowest BCUT2D eigenvalue weighted by atomic mass is 10.2. The number of benzene rings is 2. The summed E-state index contributed by atoms with van der Waals surface area (Å²) in [7, 11) is -1.16. The predicted molar refractivity (Wildman–Crippen MR) is 112 cm³/mol. The number of hydrogen-bond donors (Lipinski definition) is 1. The molecule has 1 aromatic heterocycles. The number of hydrogen-bond acceptors (Lipinski definition) is 6. The lowest BCUT2D eigenvalue weighted by molar-refractivity contribution is -0.141. The van der Waals surface area contributed by atoms with Crippen molar-refractivity contribution in [3.8, 4) is 11.5 Å². The Morgan fingerprint density at radius 1 is 1.06 bits per heavy atom. The van der Waals surface area contributed by atoms with Gasteiger partial charge in [-0.25, -0.2) is 18.1 Å². The first-order chi connectivity index (χ1) is 14.7. The van der Waals surface area contributed by atoms with Gasteiger partial charge in [-0.05, 0) is 24.3 Å². The van der Waals surface area contributed by atoms with Gasteiger partial charge in [-0.3, -0.25) is 0 Å². The standard InChI is InChI=1S/C20H19F3N2O4S2/c1-28-13-7-8-16(29-2)18(11-13)31(26,27)24-9-10-30-17-12-19(20(21,22)23)25-15-6-4-3-5-14(15)17/h3-8,11-12,24H,9-10H2,1-2H3. The minimum Gasteiger partial charge on any atom is -0.497 e. The van der Waals surface area contributed by atoms with Crippen LogP contribution in [-0.4, -0.2) is 39.9 Å². The molecule has 1 N–H and O–H groups in total. The second kappa shape index (κ2) is 9.33. The fraction of sp³-hybridized carbons (Fsp3) is 0.250. The summed E-state index contributed by atoms with van der Waals surface area (Å²) in [4.78, 5) is 3.96. The second-order valence-electron chi connectivity index (χ2n) is 6.28. The first-order valence-electron chi connectivity index (χ1n) is 8.97. The van der Waals surface area contributed by atoms with Crippen molar-refractivity contribution in [1.82, 2.24) is 9.71 Å². The second-order valence-corrected chi connectivity index (χ2v) is 9.16. The fourth-order valence-electron chi connectivity index (χ4n) is 2.82. The zero-order chi connectivity index (χ0) is 22.6. The molecule has 0 fully saturated rings. The van der Waals surface area contributed by atoms with Crippen LogP contribution < -0.4 is 14.2 Å². The molecule has 0 atom stereocenters. The predicted octanol–water partition coefficient (Wildman–Crippen LogP) is 4.34. The third-order valence-corrected chi connectivity index (χ3v) is 6.82. The summed E-state index contributed by atoms with van der Waals surface area (Å²) in [5.41, 5.74) is -0.767. The first kappa shape index (κ1) is 23.2. The minimum atomic E-state index is -4.58. The number of rotatable bonds is 8. The van der Waals surface area contributed by atoms with E-state index in [1.807, 2.05) is 0 Å². The summed E-state index contributed by atoms with van der Waals surface area (Å²) in [5, 5.41) is 0.567. The van der Waals surface area contributed by atoms with E-state index in [-0.39, 0.29) is 28.5 Å². The summed E-state index contributed by atoms with van der Waals surface area (Å²) in [6, 6.07) is 11.9. The van der Waals surface area contributed by atoms with Crippen molar-refractivity contribution < 1.29 is 31.1 Å². The number of halogens is 3. The number of sulfonamides is 1. The van der Waals surface area contributed by atoms with Gasteiger partial charge in [0.15, 0.2) is 0 Å². The van der Waals surface area contributed by atoms with Gasteiger partial charge >= 0.3 is 6.18 Å². The number of alkyl halides is 3. The van der Waals surface area contributed by atoms with Gasteiger partial charge in [0.05, 0.1) is 19.7 Å². The van der Waals surface area contributed by atoms with E-state index in [9.17, 15) is 21.6 Å². The maximum Gasteiger partial charge on any atom is 0.433 e. The molecule has 166 valence electrons.